The van der Waals surface area contributed by atoms with Crippen LogP contribution in [0, 0.1) is 0 Å². The summed E-state index contributed by atoms with van der Waals surface area (Å²) in [5, 5.41) is 3.28. The van der Waals surface area contributed by atoms with Gasteiger partial charge in [-0.15, -0.1) is 0 Å². The molecule has 5 nitrogen and oxygen atoms in total. The summed E-state index contributed by atoms with van der Waals surface area (Å²) < 4.78 is 11.1. The minimum Gasteiger partial charge on any atom is -0.423 e. The van der Waals surface area contributed by atoms with E-state index in [1.807, 2.05) is 12.1 Å². The van der Waals surface area contributed by atoms with E-state index in [1.54, 1.807) is 6.07 Å². The zero-order valence-corrected chi connectivity index (χ0v) is 18.6. The minimum atomic E-state index is -0.276. The highest BCUT2D eigenvalue weighted by molar-refractivity contribution is 5.76. The molecule has 1 aromatic carbocycles. The highest BCUT2D eigenvalue weighted by Gasteiger charge is 2.15. The summed E-state index contributed by atoms with van der Waals surface area (Å²) in [4.78, 5) is 24.4. The molecule has 0 aliphatic rings. The lowest BCUT2D eigenvalue weighted by Gasteiger charge is -2.13. The minimum absolute atomic E-state index is 0.273. The molecule has 0 saturated heterocycles. The first kappa shape index (κ1) is 25.2. The highest BCUT2D eigenvalue weighted by Crippen LogP contribution is 2.30. The van der Waals surface area contributed by atoms with Crippen molar-refractivity contribution >= 4 is 11.9 Å². The summed E-state index contributed by atoms with van der Waals surface area (Å²) in [6, 6.07) is 5.49. The number of hydrogen-bond acceptors (Lipinski definition) is 5. The molecule has 5 heteroatoms. The molecule has 1 rings (SSSR count). The quantitative estimate of drug-likeness (QED) is 0.221. The molecule has 1 aromatic rings. The molecular formula is C24H39NO4. The molecule has 0 fully saturated rings. The summed E-state index contributed by atoms with van der Waals surface area (Å²) in [7, 11) is 0. The van der Waals surface area contributed by atoms with Crippen LogP contribution in [0.5, 0.6) is 11.5 Å². The summed E-state index contributed by atoms with van der Waals surface area (Å²) in [6.45, 7) is 8.10. The first-order valence-electron chi connectivity index (χ1n) is 11.4. The molecule has 0 aromatic heterocycles. The largest absolute Gasteiger partial charge is 0.423 e. The Labute approximate surface area is 176 Å². The van der Waals surface area contributed by atoms with E-state index in [-0.39, 0.29) is 11.9 Å². The Hall–Kier alpha value is -1.88. The third-order valence-electron chi connectivity index (χ3n) is 4.77. The molecule has 0 spiro atoms. The van der Waals surface area contributed by atoms with Crippen molar-refractivity contribution in [3.05, 3.63) is 23.8 Å². The normalized spacial score (nSPS) is 10.7. The topological polar surface area (TPSA) is 64.6 Å². The maximum Gasteiger partial charge on any atom is 0.311 e. The van der Waals surface area contributed by atoms with E-state index in [2.05, 4.69) is 26.1 Å². The molecular weight excluding hydrogens is 366 g/mol. The second-order valence-corrected chi connectivity index (χ2v) is 7.45. The van der Waals surface area contributed by atoms with Crippen molar-refractivity contribution in [1.29, 1.82) is 0 Å². The van der Waals surface area contributed by atoms with Crippen LogP contribution in [0.25, 0.3) is 0 Å². The molecule has 0 saturated carbocycles. The van der Waals surface area contributed by atoms with E-state index < -0.39 is 0 Å². The number of ether oxygens (including phenoxy) is 2. The van der Waals surface area contributed by atoms with Crippen molar-refractivity contribution in [3.63, 3.8) is 0 Å². The van der Waals surface area contributed by atoms with Crippen LogP contribution in [0.15, 0.2) is 18.2 Å². The molecule has 0 bridgehead atoms. The van der Waals surface area contributed by atoms with Gasteiger partial charge in [0.2, 0.25) is 0 Å². The lowest BCUT2D eigenvalue weighted by Crippen LogP contribution is -2.16. The van der Waals surface area contributed by atoms with Crippen LogP contribution >= 0.6 is 0 Å². The Morgan fingerprint density at radius 2 is 1.38 bits per heavy atom. The zero-order valence-electron chi connectivity index (χ0n) is 18.6. The first-order valence-corrected chi connectivity index (χ1v) is 11.4. The first-order chi connectivity index (χ1) is 14.1. The number of carbonyl (C=O) groups is 2. The second-order valence-electron chi connectivity index (χ2n) is 7.45. The van der Waals surface area contributed by atoms with Crippen LogP contribution in [0.3, 0.4) is 0 Å². The highest BCUT2D eigenvalue weighted by atomic mass is 16.6. The Morgan fingerprint density at radius 1 is 0.793 bits per heavy atom. The monoisotopic (exact) mass is 405 g/mol. The van der Waals surface area contributed by atoms with Crippen molar-refractivity contribution in [2.45, 2.75) is 91.4 Å². The van der Waals surface area contributed by atoms with E-state index in [4.69, 9.17) is 9.47 Å². The molecule has 0 amide bonds. The smallest absolute Gasteiger partial charge is 0.311 e. The number of unbranched alkanes of at least 4 members (excludes halogenated alkanes) is 6. The summed E-state index contributed by atoms with van der Waals surface area (Å²) in [5.74, 6) is 0.132. The third kappa shape index (κ3) is 11.6. The fourth-order valence-electron chi connectivity index (χ4n) is 3.02. The van der Waals surface area contributed by atoms with Gasteiger partial charge in [0.25, 0.3) is 0 Å². The molecule has 0 unspecified atom stereocenters. The van der Waals surface area contributed by atoms with Gasteiger partial charge in [0.05, 0.1) is 0 Å². The lowest BCUT2D eigenvalue weighted by molar-refractivity contribution is -0.137. The van der Waals surface area contributed by atoms with E-state index in [1.165, 1.54) is 0 Å². The van der Waals surface area contributed by atoms with Crippen molar-refractivity contribution in [2.24, 2.45) is 0 Å². The molecule has 0 heterocycles. The van der Waals surface area contributed by atoms with Gasteiger partial charge in [-0.1, -0.05) is 65.4 Å². The van der Waals surface area contributed by atoms with Gasteiger partial charge >= 0.3 is 11.9 Å². The van der Waals surface area contributed by atoms with Crippen LogP contribution in [-0.2, 0) is 16.0 Å². The van der Waals surface area contributed by atoms with E-state index >= 15 is 0 Å². The van der Waals surface area contributed by atoms with Crippen LogP contribution in [0.4, 0.5) is 0 Å². The Bertz CT molecular complexity index is 601. The van der Waals surface area contributed by atoms with Crippen LogP contribution in [0.2, 0.25) is 0 Å². The maximum atomic E-state index is 12.3. The van der Waals surface area contributed by atoms with Gasteiger partial charge < -0.3 is 14.8 Å². The molecule has 29 heavy (non-hydrogen) atoms. The van der Waals surface area contributed by atoms with Crippen molar-refractivity contribution in [2.75, 3.05) is 13.1 Å². The van der Waals surface area contributed by atoms with Crippen molar-refractivity contribution in [1.82, 2.24) is 5.32 Å². The molecule has 0 radical (unpaired) electrons. The van der Waals surface area contributed by atoms with Gasteiger partial charge in [-0.05, 0) is 50.0 Å². The second kappa shape index (κ2) is 16.0. The van der Waals surface area contributed by atoms with Crippen LogP contribution in [-0.4, -0.2) is 25.0 Å². The average Bonchev–Trinajstić information content (AvgIpc) is 2.70. The predicted molar refractivity (Wildman–Crippen MR) is 117 cm³/mol. The maximum absolute atomic E-state index is 12.3. The summed E-state index contributed by atoms with van der Waals surface area (Å²) in [5.41, 5.74) is 1.04. The molecule has 0 aliphatic heterocycles. The number of benzene rings is 1. The number of hydrogen-bond donors (Lipinski definition) is 1. The molecule has 1 N–H and O–H groups in total. The predicted octanol–water partition coefficient (Wildman–Crippen LogP) is 5.59. The summed E-state index contributed by atoms with van der Waals surface area (Å²) in [6.07, 6.45) is 9.76. The SMILES string of the molecule is CCCCCCC(=O)Oc1ccc(CCNCC)cc1OC(=O)CCCCCC. The fraction of sp³-hybridized carbons (Fsp3) is 0.667. The van der Waals surface area contributed by atoms with Gasteiger partial charge in [-0.3, -0.25) is 9.59 Å². The van der Waals surface area contributed by atoms with E-state index in [9.17, 15) is 9.59 Å². The number of rotatable bonds is 16. The van der Waals surface area contributed by atoms with Gasteiger partial charge in [0, 0.05) is 12.8 Å². The number of carbonyl (C=O) groups excluding carboxylic acids is 2. The molecule has 164 valence electrons. The van der Waals surface area contributed by atoms with Gasteiger partial charge in [0.15, 0.2) is 11.5 Å². The Morgan fingerprint density at radius 3 is 1.93 bits per heavy atom. The van der Waals surface area contributed by atoms with E-state index in [0.29, 0.717) is 24.3 Å². The third-order valence-corrected chi connectivity index (χ3v) is 4.77. The van der Waals surface area contributed by atoms with Crippen LogP contribution in [0.1, 0.15) is 90.5 Å². The summed E-state index contributed by atoms with van der Waals surface area (Å²) >= 11 is 0. The number of nitrogens with one attached hydrogen (secondary N) is 1. The standard InChI is InChI=1S/C24H39NO4/c1-4-7-9-11-13-23(26)28-21-16-15-20(17-18-25-6-3)19-22(21)29-24(27)14-12-10-8-5-2/h15-16,19,25H,4-14,17-18H2,1-3H3. The van der Waals surface area contributed by atoms with Gasteiger partial charge in [-0.2, -0.15) is 0 Å². The number of likely N-dealkylation sites (N-methyl/N-ethyl adjacent to an activating group) is 1. The Balaban J connectivity index is 2.73. The number of esters is 2. The Kier molecular flexibility index (Phi) is 13.9. The lowest BCUT2D eigenvalue weighted by atomic mass is 10.1. The van der Waals surface area contributed by atoms with Crippen molar-refractivity contribution < 1.29 is 19.1 Å². The fourth-order valence-corrected chi connectivity index (χ4v) is 3.02. The van der Waals surface area contributed by atoms with Gasteiger partial charge in [-0.25, -0.2) is 0 Å². The zero-order chi connectivity index (χ0) is 21.3. The average molecular weight is 406 g/mol. The van der Waals surface area contributed by atoms with Crippen LogP contribution < -0.4 is 14.8 Å². The molecule has 0 atom stereocenters. The molecule has 0 aliphatic carbocycles. The van der Waals surface area contributed by atoms with Crippen molar-refractivity contribution in [3.8, 4) is 11.5 Å². The van der Waals surface area contributed by atoms with E-state index in [0.717, 1.165) is 76.4 Å². The van der Waals surface area contributed by atoms with Gasteiger partial charge in [0.1, 0.15) is 0 Å².